The molecule has 0 amide bonds. The molecule has 3 rings (SSSR count). The van der Waals surface area contributed by atoms with Crippen LogP contribution < -0.4 is 4.90 Å². The first-order valence-corrected chi connectivity index (χ1v) is 8.16. The summed E-state index contributed by atoms with van der Waals surface area (Å²) < 4.78 is 2.11. The molecule has 5 heteroatoms. The van der Waals surface area contributed by atoms with Crippen LogP contribution in [0.5, 0.6) is 0 Å². The van der Waals surface area contributed by atoms with E-state index in [9.17, 15) is 0 Å². The zero-order valence-corrected chi connectivity index (χ0v) is 14.0. The Morgan fingerprint density at radius 1 is 1.19 bits per heavy atom. The number of halogens is 2. The van der Waals surface area contributed by atoms with Crippen molar-refractivity contribution in [2.75, 3.05) is 11.9 Å². The molecule has 2 heterocycles. The van der Waals surface area contributed by atoms with E-state index in [1.807, 2.05) is 48.7 Å². The van der Waals surface area contributed by atoms with Crippen LogP contribution in [0.1, 0.15) is 11.3 Å². The van der Waals surface area contributed by atoms with Gasteiger partial charge in [-0.1, -0.05) is 45.7 Å². The highest BCUT2D eigenvalue weighted by atomic mass is 79.9. The number of hydrogen-bond donors (Lipinski definition) is 0. The van der Waals surface area contributed by atoms with Gasteiger partial charge in [0.05, 0.1) is 5.69 Å². The third-order valence-corrected chi connectivity index (χ3v) is 4.21. The monoisotopic (exact) mass is 363 g/mol. The summed E-state index contributed by atoms with van der Waals surface area (Å²) in [6.07, 6.45) is 2.04. The zero-order chi connectivity index (χ0) is 14.8. The Morgan fingerprint density at radius 2 is 1.95 bits per heavy atom. The molecule has 0 aliphatic carbocycles. The number of fused-ring (bicyclic) bond motifs is 1. The molecule has 0 saturated heterocycles. The van der Waals surface area contributed by atoms with Crippen LogP contribution in [0.4, 0.5) is 5.82 Å². The predicted octanol–water partition coefficient (Wildman–Crippen LogP) is 4.52. The minimum absolute atomic E-state index is 0.760. The van der Waals surface area contributed by atoms with Crippen molar-refractivity contribution in [3.8, 4) is 0 Å². The lowest BCUT2D eigenvalue weighted by Crippen LogP contribution is -2.18. The second-order valence-corrected chi connectivity index (χ2v) is 5.92. The average Bonchev–Trinajstić information content (AvgIpc) is 2.88. The quantitative estimate of drug-likeness (QED) is 0.635. The lowest BCUT2D eigenvalue weighted by atomic mass is 10.2. The smallest absolute Gasteiger partial charge is 0.152 e. The summed E-state index contributed by atoms with van der Waals surface area (Å²) in [5.74, 6) is 0.994. The molecule has 108 valence electrons. The van der Waals surface area contributed by atoms with Crippen LogP contribution in [-0.2, 0) is 11.9 Å². The van der Waals surface area contributed by atoms with Crippen LogP contribution in [0.2, 0.25) is 5.02 Å². The molecule has 0 atom stereocenters. The Kier molecular flexibility index (Phi) is 4.17. The van der Waals surface area contributed by atoms with E-state index in [1.54, 1.807) is 0 Å². The van der Waals surface area contributed by atoms with Crippen molar-refractivity contribution in [2.24, 2.45) is 0 Å². The highest BCUT2D eigenvalue weighted by molar-refractivity contribution is 9.08. The number of imidazole rings is 1. The van der Waals surface area contributed by atoms with Crippen molar-refractivity contribution in [3.63, 3.8) is 0 Å². The van der Waals surface area contributed by atoms with E-state index >= 15 is 0 Å². The lowest BCUT2D eigenvalue weighted by Gasteiger charge is -2.18. The van der Waals surface area contributed by atoms with E-state index in [-0.39, 0.29) is 0 Å². The van der Waals surface area contributed by atoms with Crippen molar-refractivity contribution >= 4 is 39.0 Å². The van der Waals surface area contributed by atoms with Gasteiger partial charge in [0.1, 0.15) is 5.65 Å². The number of benzene rings is 1. The van der Waals surface area contributed by atoms with E-state index in [0.29, 0.717) is 0 Å². The Hall–Kier alpha value is -1.52. The summed E-state index contributed by atoms with van der Waals surface area (Å²) in [5, 5.41) is 1.52. The molecule has 0 aliphatic rings. The van der Waals surface area contributed by atoms with Gasteiger partial charge in [0, 0.05) is 30.1 Å². The molecule has 0 radical (unpaired) electrons. The summed E-state index contributed by atoms with van der Waals surface area (Å²) in [7, 11) is 2.06. The van der Waals surface area contributed by atoms with Gasteiger partial charge in [-0.3, -0.25) is 0 Å². The zero-order valence-electron chi connectivity index (χ0n) is 11.6. The predicted molar refractivity (Wildman–Crippen MR) is 91.4 cm³/mol. The molecule has 21 heavy (non-hydrogen) atoms. The van der Waals surface area contributed by atoms with Gasteiger partial charge in [0.15, 0.2) is 5.82 Å². The van der Waals surface area contributed by atoms with Gasteiger partial charge in [-0.05, 0) is 29.8 Å². The molecular weight excluding hydrogens is 350 g/mol. The van der Waals surface area contributed by atoms with Crippen LogP contribution >= 0.6 is 27.5 Å². The Morgan fingerprint density at radius 3 is 2.67 bits per heavy atom. The van der Waals surface area contributed by atoms with Crippen LogP contribution in [0.15, 0.2) is 48.7 Å². The second-order valence-electron chi connectivity index (χ2n) is 4.93. The number of hydrogen-bond acceptors (Lipinski definition) is 2. The fourth-order valence-electron chi connectivity index (χ4n) is 2.40. The summed E-state index contributed by atoms with van der Waals surface area (Å²) in [6, 6.07) is 14.0. The van der Waals surface area contributed by atoms with Gasteiger partial charge >= 0.3 is 0 Å². The van der Waals surface area contributed by atoms with Crippen molar-refractivity contribution in [1.29, 1.82) is 0 Å². The van der Waals surface area contributed by atoms with E-state index in [1.165, 1.54) is 5.56 Å². The van der Waals surface area contributed by atoms with Gasteiger partial charge in [0.25, 0.3) is 0 Å². The second kappa shape index (κ2) is 6.08. The number of rotatable bonds is 4. The molecular formula is C16H15BrClN3. The van der Waals surface area contributed by atoms with Gasteiger partial charge in [-0.15, -0.1) is 0 Å². The molecule has 1 aromatic carbocycles. The molecule has 3 aromatic rings. The summed E-state index contributed by atoms with van der Waals surface area (Å²) in [4.78, 5) is 6.89. The summed E-state index contributed by atoms with van der Waals surface area (Å²) in [5.41, 5.74) is 3.33. The highest BCUT2D eigenvalue weighted by Gasteiger charge is 2.14. The Bertz CT molecular complexity index is 752. The number of nitrogens with zero attached hydrogens (tertiary/aromatic N) is 3. The van der Waals surface area contributed by atoms with Crippen LogP contribution in [0.3, 0.4) is 0 Å². The van der Waals surface area contributed by atoms with Gasteiger partial charge < -0.3 is 9.30 Å². The van der Waals surface area contributed by atoms with Crippen molar-refractivity contribution in [2.45, 2.75) is 11.9 Å². The van der Waals surface area contributed by atoms with E-state index < -0.39 is 0 Å². The maximum Gasteiger partial charge on any atom is 0.152 e. The fraction of sp³-hybridized carbons (Fsp3) is 0.188. The van der Waals surface area contributed by atoms with E-state index in [4.69, 9.17) is 16.6 Å². The van der Waals surface area contributed by atoms with Gasteiger partial charge in [-0.2, -0.15) is 0 Å². The van der Waals surface area contributed by atoms with Crippen molar-refractivity contribution in [3.05, 3.63) is 64.9 Å². The third-order valence-electron chi connectivity index (χ3n) is 3.43. The van der Waals surface area contributed by atoms with Crippen LogP contribution in [-0.4, -0.2) is 16.4 Å². The minimum Gasteiger partial charge on any atom is -0.354 e. The largest absolute Gasteiger partial charge is 0.354 e. The summed E-state index contributed by atoms with van der Waals surface area (Å²) >= 11 is 9.50. The maximum atomic E-state index is 5.93. The summed E-state index contributed by atoms with van der Waals surface area (Å²) in [6.45, 7) is 0.793. The third kappa shape index (κ3) is 2.92. The first kappa shape index (κ1) is 14.4. The van der Waals surface area contributed by atoms with Crippen molar-refractivity contribution in [1.82, 2.24) is 9.38 Å². The van der Waals surface area contributed by atoms with Crippen LogP contribution in [0, 0.1) is 0 Å². The molecule has 0 bridgehead atoms. The fourth-order valence-corrected chi connectivity index (χ4v) is 3.05. The molecule has 0 fully saturated rings. The molecule has 3 nitrogen and oxygen atoms in total. The van der Waals surface area contributed by atoms with Crippen LogP contribution in [0.25, 0.3) is 5.65 Å². The molecule has 0 unspecified atom stereocenters. The molecule has 0 spiro atoms. The Labute approximate surface area is 137 Å². The highest BCUT2D eigenvalue weighted by Crippen LogP contribution is 2.24. The number of pyridine rings is 1. The molecule has 0 N–H and O–H groups in total. The Balaban J connectivity index is 1.93. The number of anilines is 1. The normalized spacial score (nSPS) is 11.0. The number of alkyl halides is 1. The van der Waals surface area contributed by atoms with E-state index in [2.05, 4.69) is 32.3 Å². The minimum atomic E-state index is 0.760. The lowest BCUT2D eigenvalue weighted by molar-refractivity contribution is 0.895. The average molecular weight is 365 g/mol. The molecule has 0 aliphatic heterocycles. The van der Waals surface area contributed by atoms with Gasteiger partial charge in [-0.25, -0.2) is 4.98 Å². The molecule has 0 saturated carbocycles. The number of aromatic nitrogens is 2. The maximum absolute atomic E-state index is 5.93. The SMILES string of the molecule is CN(Cc1ccc(Cl)cc1)c1nc2ccccn2c1CBr. The van der Waals surface area contributed by atoms with Gasteiger partial charge in [0.2, 0.25) is 0 Å². The topological polar surface area (TPSA) is 20.5 Å². The van der Waals surface area contributed by atoms with E-state index in [0.717, 1.165) is 34.1 Å². The molecule has 2 aromatic heterocycles. The standard InChI is InChI=1S/C16H15BrClN3/c1-20(11-12-5-7-13(18)8-6-12)16-14(10-17)21-9-3-2-4-15(21)19-16/h2-9H,10-11H2,1H3. The first-order valence-electron chi connectivity index (χ1n) is 6.66. The van der Waals surface area contributed by atoms with Crippen molar-refractivity contribution < 1.29 is 0 Å². The first-order chi connectivity index (χ1) is 10.2.